The number of piperidine rings is 1. The fourth-order valence-corrected chi connectivity index (χ4v) is 2.82. The number of amides is 1. The van der Waals surface area contributed by atoms with Crippen LogP contribution in [0.3, 0.4) is 0 Å². The van der Waals surface area contributed by atoms with Crippen molar-refractivity contribution in [1.29, 1.82) is 0 Å². The molecule has 1 N–H and O–H groups in total. The highest BCUT2D eigenvalue weighted by atomic mass is 16.2. The van der Waals surface area contributed by atoms with Crippen molar-refractivity contribution < 1.29 is 4.79 Å². The molecule has 3 nitrogen and oxygen atoms in total. The number of aryl methyl sites for hydroxylation is 2. The maximum Gasteiger partial charge on any atom is 0.222 e. The molecule has 2 rings (SSSR count). The molecule has 0 aliphatic carbocycles. The molecule has 1 fully saturated rings. The minimum Gasteiger partial charge on any atom is -0.344 e. The highest BCUT2D eigenvalue weighted by molar-refractivity contribution is 5.76. The van der Waals surface area contributed by atoms with Crippen molar-refractivity contribution in [2.24, 2.45) is 0 Å². The molecule has 1 aliphatic rings. The standard InChI is InChI=1S/C17H26N2O/c1-14-6-5-7-15(12-14)9-10-17(20)19(2)13-16-8-3-4-11-18-16/h5-7,12,16,18H,3-4,8-11,13H2,1-2H3. The van der Waals surface area contributed by atoms with Crippen molar-refractivity contribution in [1.82, 2.24) is 10.2 Å². The lowest BCUT2D eigenvalue weighted by Gasteiger charge is -2.28. The van der Waals surface area contributed by atoms with E-state index in [4.69, 9.17) is 0 Å². The van der Waals surface area contributed by atoms with Gasteiger partial charge in [0.2, 0.25) is 5.91 Å². The molecule has 1 aromatic carbocycles. The second kappa shape index (κ2) is 7.44. The Bertz CT molecular complexity index is 438. The first-order valence-electron chi connectivity index (χ1n) is 7.68. The van der Waals surface area contributed by atoms with E-state index in [0.29, 0.717) is 12.5 Å². The molecule has 1 atom stereocenters. The molecule has 20 heavy (non-hydrogen) atoms. The van der Waals surface area contributed by atoms with Gasteiger partial charge in [-0.3, -0.25) is 4.79 Å². The first-order chi connectivity index (χ1) is 9.65. The zero-order valence-electron chi connectivity index (χ0n) is 12.7. The zero-order chi connectivity index (χ0) is 14.4. The minimum atomic E-state index is 0.249. The predicted molar refractivity (Wildman–Crippen MR) is 82.8 cm³/mol. The molecule has 0 aromatic heterocycles. The molecule has 110 valence electrons. The van der Waals surface area contributed by atoms with Gasteiger partial charge in [0.15, 0.2) is 0 Å². The Morgan fingerprint density at radius 2 is 2.25 bits per heavy atom. The number of carbonyl (C=O) groups excluding carboxylic acids is 1. The first-order valence-corrected chi connectivity index (χ1v) is 7.68. The van der Waals surface area contributed by atoms with E-state index in [1.54, 1.807) is 0 Å². The summed E-state index contributed by atoms with van der Waals surface area (Å²) in [7, 11) is 1.93. The van der Waals surface area contributed by atoms with Gasteiger partial charge in [-0.05, 0) is 38.3 Å². The molecule has 1 saturated heterocycles. The molecule has 0 saturated carbocycles. The molecule has 0 radical (unpaired) electrons. The number of rotatable bonds is 5. The van der Waals surface area contributed by atoms with Crippen LogP contribution in [0.1, 0.15) is 36.8 Å². The van der Waals surface area contributed by atoms with Gasteiger partial charge in [-0.15, -0.1) is 0 Å². The summed E-state index contributed by atoms with van der Waals surface area (Å²) in [5, 5.41) is 3.49. The van der Waals surface area contributed by atoms with Crippen LogP contribution in [-0.4, -0.2) is 37.0 Å². The number of nitrogens with zero attached hydrogens (tertiary/aromatic N) is 1. The van der Waals surface area contributed by atoms with Crippen LogP contribution in [0.15, 0.2) is 24.3 Å². The molecule has 0 bridgehead atoms. The number of likely N-dealkylation sites (N-methyl/N-ethyl adjacent to an activating group) is 1. The highest BCUT2D eigenvalue weighted by Crippen LogP contribution is 2.10. The second-order valence-electron chi connectivity index (χ2n) is 5.91. The maximum atomic E-state index is 12.2. The molecule has 1 aromatic rings. The molecule has 3 heteroatoms. The van der Waals surface area contributed by atoms with Crippen molar-refractivity contribution in [2.45, 2.75) is 45.1 Å². The molecule has 1 amide bonds. The Labute approximate surface area is 122 Å². The van der Waals surface area contributed by atoms with Crippen LogP contribution in [0.5, 0.6) is 0 Å². The van der Waals surface area contributed by atoms with Gasteiger partial charge in [0.1, 0.15) is 0 Å². The predicted octanol–water partition coefficient (Wildman–Crippen LogP) is 2.53. The van der Waals surface area contributed by atoms with Gasteiger partial charge in [-0.2, -0.15) is 0 Å². The van der Waals surface area contributed by atoms with Gasteiger partial charge >= 0.3 is 0 Å². The highest BCUT2D eigenvalue weighted by Gasteiger charge is 2.17. The minimum absolute atomic E-state index is 0.249. The summed E-state index contributed by atoms with van der Waals surface area (Å²) in [5.74, 6) is 0.249. The fourth-order valence-electron chi connectivity index (χ4n) is 2.82. The largest absolute Gasteiger partial charge is 0.344 e. The SMILES string of the molecule is Cc1cccc(CCC(=O)N(C)CC2CCCCN2)c1. The van der Waals surface area contributed by atoms with E-state index < -0.39 is 0 Å². The van der Waals surface area contributed by atoms with Gasteiger partial charge in [0.25, 0.3) is 0 Å². The Kier molecular flexibility index (Phi) is 5.60. The summed E-state index contributed by atoms with van der Waals surface area (Å²) in [6.07, 6.45) is 5.18. The molecule has 1 aliphatic heterocycles. The molecular weight excluding hydrogens is 248 g/mol. The number of benzene rings is 1. The quantitative estimate of drug-likeness (QED) is 0.895. The Morgan fingerprint density at radius 1 is 1.40 bits per heavy atom. The van der Waals surface area contributed by atoms with E-state index in [9.17, 15) is 4.79 Å². The summed E-state index contributed by atoms with van der Waals surface area (Å²) in [6.45, 7) is 4.02. The van der Waals surface area contributed by atoms with E-state index in [2.05, 4.69) is 36.5 Å². The second-order valence-corrected chi connectivity index (χ2v) is 5.91. The van der Waals surface area contributed by atoms with Gasteiger partial charge in [-0.1, -0.05) is 36.2 Å². The molecular formula is C17H26N2O. The van der Waals surface area contributed by atoms with Gasteiger partial charge in [0, 0.05) is 26.1 Å². The fraction of sp³-hybridized carbons (Fsp3) is 0.588. The zero-order valence-corrected chi connectivity index (χ0v) is 12.7. The first kappa shape index (κ1) is 15.0. The van der Waals surface area contributed by atoms with E-state index in [0.717, 1.165) is 19.5 Å². The van der Waals surface area contributed by atoms with Crippen molar-refractivity contribution in [2.75, 3.05) is 20.1 Å². The Hall–Kier alpha value is -1.35. The molecule has 0 spiro atoms. The number of hydrogen-bond donors (Lipinski definition) is 1. The Morgan fingerprint density at radius 3 is 2.95 bits per heavy atom. The summed E-state index contributed by atoms with van der Waals surface area (Å²) in [6, 6.07) is 8.90. The summed E-state index contributed by atoms with van der Waals surface area (Å²) in [4.78, 5) is 14.1. The topological polar surface area (TPSA) is 32.3 Å². The van der Waals surface area contributed by atoms with Crippen LogP contribution in [0.2, 0.25) is 0 Å². The van der Waals surface area contributed by atoms with Gasteiger partial charge < -0.3 is 10.2 Å². The number of carbonyl (C=O) groups is 1. The van der Waals surface area contributed by atoms with Gasteiger partial charge in [0.05, 0.1) is 0 Å². The summed E-state index contributed by atoms with van der Waals surface area (Å²) in [5.41, 5.74) is 2.51. The average Bonchev–Trinajstić information content (AvgIpc) is 2.46. The monoisotopic (exact) mass is 274 g/mol. The number of hydrogen-bond acceptors (Lipinski definition) is 2. The molecule has 1 unspecified atom stereocenters. The molecule has 1 heterocycles. The Balaban J connectivity index is 1.76. The van der Waals surface area contributed by atoms with Crippen LogP contribution in [0.25, 0.3) is 0 Å². The van der Waals surface area contributed by atoms with Crippen molar-refractivity contribution in [3.63, 3.8) is 0 Å². The number of nitrogens with one attached hydrogen (secondary N) is 1. The van der Waals surface area contributed by atoms with E-state index >= 15 is 0 Å². The van der Waals surface area contributed by atoms with Crippen LogP contribution in [0.4, 0.5) is 0 Å². The van der Waals surface area contributed by atoms with E-state index in [-0.39, 0.29) is 5.91 Å². The lowest BCUT2D eigenvalue weighted by molar-refractivity contribution is -0.130. The van der Waals surface area contributed by atoms with Crippen LogP contribution in [0, 0.1) is 6.92 Å². The van der Waals surface area contributed by atoms with E-state index in [1.165, 1.54) is 30.4 Å². The third kappa shape index (κ3) is 4.64. The lowest BCUT2D eigenvalue weighted by atomic mass is 10.0. The van der Waals surface area contributed by atoms with Crippen LogP contribution >= 0.6 is 0 Å². The average molecular weight is 274 g/mol. The van der Waals surface area contributed by atoms with Crippen LogP contribution < -0.4 is 5.32 Å². The lowest BCUT2D eigenvalue weighted by Crippen LogP contribution is -2.44. The normalized spacial score (nSPS) is 18.8. The summed E-state index contributed by atoms with van der Waals surface area (Å²) >= 11 is 0. The van der Waals surface area contributed by atoms with E-state index in [1.807, 2.05) is 11.9 Å². The third-order valence-electron chi connectivity index (χ3n) is 4.04. The van der Waals surface area contributed by atoms with Crippen LogP contribution in [-0.2, 0) is 11.2 Å². The van der Waals surface area contributed by atoms with Crippen molar-refractivity contribution in [3.8, 4) is 0 Å². The third-order valence-corrected chi connectivity index (χ3v) is 4.04. The van der Waals surface area contributed by atoms with Crippen molar-refractivity contribution >= 4 is 5.91 Å². The summed E-state index contributed by atoms with van der Waals surface area (Å²) < 4.78 is 0. The van der Waals surface area contributed by atoms with Crippen molar-refractivity contribution in [3.05, 3.63) is 35.4 Å². The smallest absolute Gasteiger partial charge is 0.222 e. The maximum absolute atomic E-state index is 12.2. The van der Waals surface area contributed by atoms with Gasteiger partial charge in [-0.25, -0.2) is 0 Å².